The van der Waals surface area contributed by atoms with Crippen LogP contribution in [0.4, 0.5) is 5.82 Å². The second-order valence-corrected chi connectivity index (χ2v) is 5.11. The minimum absolute atomic E-state index is 0.472. The van der Waals surface area contributed by atoms with Crippen molar-refractivity contribution in [3.8, 4) is 6.07 Å². The molecule has 3 nitrogen and oxygen atoms in total. The number of hydrogen-bond donors (Lipinski definition) is 0. The van der Waals surface area contributed by atoms with Crippen LogP contribution in [0.3, 0.4) is 0 Å². The van der Waals surface area contributed by atoms with E-state index >= 15 is 0 Å². The van der Waals surface area contributed by atoms with Gasteiger partial charge in [-0.25, -0.2) is 4.98 Å². The minimum Gasteiger partial charge on any atom is -0.353 e. The molecular formula is C14H19N3. The fraction of sp³-hybridized carbons (Fsp3) is 0.571. The zero-order chi connectivity index (χ0) is 12.4. The SMILES string of the molecule is Cc1ccc(C#N)c(N2CCC(C)CC2C)n1. The van der Waals surface area contributed by atoms with Gasteiger partial charge in [0.2, 0.25) is 0 Å². The number of aryl methyl sites for hydroxylation is 1. The third kappa shape index (κ3) is 2.41. The lowest BCUT2D eigenvalue weighted by Crippen LogP contribution is -2.41. The van der Waals surface area contributed by atoms with Crippen molar-refractivity contribution in [2.24, 2.45) is 5.92 Å². The van der Waals surface area contributed by atoms with E-state index in [0.29, 0.717) is 11.6 Å². The Kier molecular flexibility index (Phi) is 3.33. The maximum absolute atomic E-state index is 9.16. The van der Waals surface area contributed by atoms with Gasteiger partial charge in [0.15, 0.2) is 0 Å². The molecule has 2 heterocycles. The standard InChI is InChI=1S/C14H19N3/c1-10-6-7-17(12(3)8-10)14-13(9-15)5-4-11(2)16-14/h4-5,10,12H,6-8H2,1-3H3. The first-order valence-electron chi connectivity index (χ1n) is 6.26. The van der Waals surface area contributed by atoms with Crippen LogP contribution in [0.2, 0.25) is 0 Å². The van der Waals surface area contributed by atoms with Gasteiger partial charge in [-0.3, -0.25) is 0 Å². The summed E-state index contributed by atoms with van der Waals surface area (Å²) in [4.78, 5) is 6.83. The van der Waals surface area contributed by atoms with Gasteiger partial charge in [0.25, 0.3) is 0 Å². The van der Waals surface area contributed by atoms with Crippen LogP contribution in [0.15, 0.2) is 12.1 Å². The maximum Gasteiger partial charge on any atom is 0.147 e. The Hall–Kier alpha value is -1.56. The molecule has 1 fully saturated rings. The Morgan fingerprint density at radius 2 is 2.18 bits per heavy atom. The summed E-state index contributed by atoms with van der Waals surface area (Å²) in [5.41, 5.74) is 1.67. The molecule has 0 amide bonds. The minimum atomic E-state index is 0.472. The van der Waals surface area contributed by atoms with E-state index in [-0.39, 0.29) is 0 Å². The van der Waals surface area contributed by atoms with Crippen LogP contribution in [0.25, 0.3) is 0 Å². The molecule has 3 heteroatoms. The Labute approximate surface area is 103 Å². The van der Waals surface area contributed by atoms with E-state index in [2.05, 4.69) is 29.8 Å². The Morgan fingerprint density at radius 3 is 2.82 bits per heavy atom. The monoisotopic (exact) mass is 229 g/mol. The number of piperidine rings is 1. The highest BCUT2D eigenvalue weighted by Gasteiger charge is 2.25. The number of hydrogen-bond acceptors (Lipinski definition) is 3. The van der Waals surface area contributed by atoms with Crippen molar-refractivity contribution >= 4 is 5.82 Å². The zero-order valence-electron chi connectivity index (χ0n) is 10.8. The van der Waals surface area contributed by atoms with E-state index in [1.54, 1.807) is 0 Å². The molecule has 2 rings (SSSR count). The van der Waals surface area contributed by atoms with Crippen LogP contribution >= 0.6 is 0 Å². The molecule has 0 spiro atoms. The molecule has 0 saturated carbocycles. The smallest absolute Gasteiger partial charge is 0.147 e. The molecule has 2 atom stereocenters. The summed E-state index contributed by atoms with van der Waals surface area (Å²) in [7, 11) is 0. The number of nitriles is 1. The first kappa shape index (κ1) is 11.9. The summed E-state index contributed by atoms with van der Waals surface area (Å²) >= 11 is 0. The van der Waals surface area contributed by atoms with Gasteiger partial charge < -0.3 is 4.90 Å². The maximum atomic E-state index is 9.16. The van der Waals surface area contributed by atoms with Crippen molar-refractivity contribution in [1.82, 2.24) is 4.98 Å². The summed E-state index contributed by atoms with van der Waals surface area (Å²) in [5, 5.41) is 9.16. The molecule has 0 N–H and O–H groups in total. The first-order chi connectivity index (χ1) is 8.11. The molecule has 2 unspecified atom stereocenters. The second kappa shape index (κ2) is 4.75. The van der Waals surface area contributed by atoms with E-state index < -0.39 is 0 Å². The lowest BCUT2D eigenvalue weighted by molar-refractivity contribution is 0.376. The van der Waals surface area contributed by atoms with E-state index in [1.165, 1.54) is 12.8 Å². The van der Waals surface area contributed by atoms with Gasteiger partial charge in [0, 0.05) is 18.3 Å². The highest BCUT2D eigenvalue weighted by atomic mass is 15.2. The van der Waals surface area contributed by atoms with Gasteiger partial charge in [0.05, 0.1) is 5.56 Å². The summed E-state index contributed by atoms with van der Waals surface area (Å²) < 4.78 is 0. The largest absolute Gasteiger partial charge is 0.353 e. The molecule has 90 valence electrons. The number of pyridine rings is 1. The molecule has 1 aliphatic heterocycles. The highest BCUT2D eigenvalue weighted by Crippen LogP contribution is 2.28. The van der Waals surface area contributed by atoms with Crippen molar-refractivity contribution in [2.45, 2.75) is 39.7 Å². The molecular weight excluding hydrogens is 210 g/mol. The third-order valence-electron chi connectivity index (χ3n) is 3.55. The predicted molar refractivity (Wildman–Crippen MR) is 68.9 cm³/mol. The molecule has 1 aromatic rings. The van der Waals surface area contributed by atoms with Gasteiger partial charge in [-0.05, 0) is 44.7 Å². The van der Waals surface area contributed by atoms with Crippen LogP contribution in [0, 0.1) is 24.2 Å². The first-order valence-corrected chi connectivity index (χ1v) is 6.26. The molecule has 1 aromatic heterocycles. The Morgan fingerprint density at radius 1 is 1.41 bits per heavy atom. The van der Waals surface area contributed by atoms with E-state index in [4.69, 9.17) is 5.26 Å². The van der Waals surface area contributed by atoms with E-state index in [9.17, 15) is 0 Å². The lowest BCUT2D eigenvalue weighted by atomic mass is 9.93. The average molecular weight is 229 g/mol. The number of aromatic nitrogens is 1. The van der Waals surface area contributed by atoms with Crippen molar-refractivity contribution in [1.29, 1.82) is 5.26 Å². The van der Waals surface area contributed by atoms with Crippen molar-refractivity contribution < 1.29 is 0 Å². The number of anilines is 1. The normalized spacial score (nSPS) is 24.5. The topological polar surface area (TPSA) is 39.9 Å². The summed E-state index contributed by atoms with van der Waals surface area (Å²) in [5.74, 6) is 1.64. The van der Waals surface area contributed by atoms with Crippen molar-refractivity contribution in [3.05, 3.63) is 23.4 Å². The van der Waals surface area contributed by atoms with Crippen molar-refractivity contribution in [2.75, 3.05) is 11.4 Å². The summed E-state index contributed by atoms with van der Waals surface area (Å²) in [6, 6.07) is 6.50. The van der Waals surface area contributed by atoms with Crippen LogP contribution < -0.4 is 4.90 Å². The van der Waals surface area contributed by atoms with Gasteiger partial charge >= 0.3 is 0 Å². The van der Waals surface area contributed by atoms with Gasteiger partial charge in [-0.2, -0.15) is 5.26 Å². The quantitative estimate of drug-likeness (QED) is 0.743. The summed E-state index contributed by atoms with van der Waals surface area (Å²) in [6.07, 6.45) is 2.37. The highest BCUT2D eigenvalue weighted by molar-refractivity contribution is 5.55. The molecule has 1 aliphatic rings. The molecule has 0 radical (unpaired) electrons. The van der Waals surface area contributed by atoms with Crippen molar-refractivity contribution in [3.63, 3.8) is 0 Å². The fourth-order valence-electron chi connectivity index (χ4n) is 2.57. The summed E-state index contributed by atoms with van der Waals surface area (Å²) in [6.45, 7) is 7.50. The lowest BCUT2D eigenvalue weighted by Gasteiger charge is -2.37. The van der Waals surface area contributed by atoms with Gasteiger partial charge in [0.1, 0.15) is 11.9 Å². The second-order valence-electron chi connectivity index (χ2n) is 5.11. The van der Waals surface area contributed by atoms with Gasteiger partial charge in [-0.15, -0.1) is 0 Å². The molecule has 0 aromatic carbocycles. The van der Waals surface area contributed by atoms with E-state index in [1.807, 2.05) is 19.1 Å². The molecule has 0 aliphatic carbocycles. The molecule has 0 bridgehead atoms. The predicted octanol–water partition coefficient (Wildman–Crippen LogP) is 2.89. The van der Waals surface area contributed by atoms with Crippen LogP contribution in [-0.2, 0) is 0 Å². The third-order valence-corrected chi connectivity index (χ3v) is 3.55. The Bertz CT molecular complexity index is 447. The van der Waals surface area contributed by atoms with Crippen LogP contribution in [0.5, 0.6) is 0 Å². The average Bonchev–Trinajstić information content (AvgIpc) is 2.29. The molecule has 17 heavy (non-hydrogen) atoms. The van der Waals surface area contributed by atoms with E-state index in [0.717, 1.165) is 24.0 Å². The number of nitrogens with zero attached hydrogens (tertiary/aromatic N) is 3. The fourth-order valence-corrected chi connectivity index (χ4v) is 2.57. The number of rotatable bonds is 1. The zero-order valence-corrected chi connectivity index (χ0v) is 10.8. The van der Waals surface area contributed by atoms with Gasteiger partial charge in [-0.1, -0.05) is 6.92 Å². The van der Waals surface area contributed by atoms with Crippen LogP contribution in [0.1, 0.15) is 37.9 Å². The van der Waals surface area contributed by atoms with Crippen LogP contribution in [-0.4, -0.2) is 17.6 Å². The molecule has 1 saturated heterocycles. The Balaban J connectivity index is 2.33.